The van der Waals surface area contributed by atoms with Gasteiger partial charge in [-0.3, -0.25) is 4.90 Å². The van der Waals surface area contributed by atoms with Gasteiger partial charge < -0.3 is 10.9 Å². The summed E-state index contributed by atoms with van der Waals surface area (Å²) in [5.41, 5.74) is 6.60. The van der Waals surface area contributed by atoms with E-state index in [2.05, 4.69) is 28.0 Å². The minimum atomic E-state index is 0.231. The molecule has 6 heteroatoms. The fourth-order valence-corrected chi connectivity index (χ4v) is 2.98. The van der Waals surface area contributed by atoms with Gasteiger partial charge in [-0.15, -0.1) is 11.3 Å². The van der Waals surface area contributed by atoms with Crippen LogP contribution in [0.2, 0.25) is 0 Å². The molecule has 0 aliphatic rings. The van der Waals surface area contributed by atoms with E-state index in [9.17, 15) is 0 Å². The first-order chi connectivity index (χ1) is 9.22. The van der Waals surface area contributed by atoms with E-state index in [1.54, 1.807) is 11.3 Å². The summed E-state index contributed by atoms with van der Waals surface area (Å²) in [6.07, 6.45) is 1.02. The summed E-state index contributed by atoms with van der Waals surface area (Å²) in [6, 6.07) is 8.10. The van der Waals surface area contributed by atoms with Crippen molar-refractivity contribution < 1.29 is 5.21 Å². The highest BCUT2D eigenvalue weighted by atomic mass is 32.1. The van der Waals surface area contributed by atoms with Crippen LogP contribution in [0.15, 0.2) is 29.4 Å². The molecule has 2 aromatic rings. The standard InChI is InChI=1S/C13H18N4OS/c1-2-7-17(8-12(14)16-18)9-13-15-10-5-3-4-6-11(10)19-13/h3-6,18H,2,7-9H2,1H3,(H2,14,16). The largest absolute Gasteiger partial charge is 0.409 e. The smallest absolute Gasteiger partial charge is 0.153 e. The van der Waals surface area contributed by atoms with Crippen LogP contribution in [0.25, 0.3) is 10.2 Å². The van der Waals surface area contributed by atoms with Gasteiger partial charge in [0.15, 0.2) is 5.84 Å². The summed E-state index contributed by atoms with van der Waals surface area (Å²) >= 11 is 1.69. The molecule has 0 unspecified atom stereocenters. The van der Waals surface area contributed by atoms with Crippen LogP contribution in [-0.4, -0.2) is 34.0 Å². The van der Waals surface area contributed by atoms with Gasteiger partial charge in [0.05, 0.1) is 23.3 Å². The van der Waals surface area contributed by atoms with Crippen LogP contribution in [0.5, 0.6) is 0 Å². The van der Waals surface area contributed by atoms with Gasteiger partial charge in [-0.2, -0.15) is 0 Å². The molecule has 0 aliphatic carbocycles. The maximum atomic E-state index is 8.66. The molecule has 19 heavy (non-hydrogen) atoms. The third-order valence-electron chi connectivity index (χ3n) is 2.75. The normalized spacial score (nSPS) is 12.4. The van der Waals surface area contributed by atoms with Gasteiger partial charge in [0.2, 0.25) is 0 Å². The molecule has 102 valence electrons. The van der Waals surface area contributed by atoms with Crippen molar-refractivity contribution in [3.63, 3.8) is 0 Å². The Balaban J connectivity index is 2.11. The van der Waals surface area contributed by atoms with E-state index < -0.39 is 0 Å². The second-order valence-electron chi connectivity index (χ2n) is 4.38. The molecule has 0 amide bonds. The van der Waals surface area contributed by atoms with Gasteiger partial charge >= 0.3 is 0 Å². The van der Waals surface area contributed by atoms with Gasteiger partial charge in [0.25, 0.3) is 0 Å². The molecule has 2 rings (SSSR count). The van der Waals surface area contributed by atoms with E-state index in [-0.39, 0.29) is 5.84 Å². The Morgan fingerprint density at radius 3 is 2.95 bits per heavy atom. The van der Waals surface area contributed by atoms with Crippen LogP contribution in [-0.2, 0) is 6.54 Å². The van der Waals surface area contributed by atoms with Crippen molar-refractivity contribution in [2.24, 2.45) is 10.9 Å². The number of thiazole rings is 1. The summed E-state index contributed by atoms with van der Waals surface area (Å²) in [5.74, 6) is 0.231. The number of benzene rings is 1. The Labute approximate surface area is 116 Å². The Morgan fingerprint density at radius 1 is 1.47 bits per heavy atom. The van der Waals surface area contributed by atoms with Crippen molar-refractivity contribution in [3.05, 3.63) is 29.3 Å². The summed E-state index contributed by atoms with van der Waals surface area (Å²) in [4.78, 5) is 6.73. The number of hydrogen-bond donors (Lipinski definition) is 2. The minimum Gasteiger partial charge on any atom is -0.409 e. The van der Waals surface area contributed by atoms with Crippen molar-refractivity contribution in [1.82, 2.24) is 9.88 Å². The Bertz CT molecular complexity index is 534. The van der Waals surface area contributed by atoms with Crippen molar-refractivity contribution >= 4 is 27.4 Å². The van der Waals surface area contributed by atoms with E-state index in [1.165, 1.54) is 4.70 Å². The topological polar surface area (TPSA) is 74.7 Å². The molecule has 0 fully saturated rings. The maximum Gasteiger partial charge on any atom is 0.153 e. The van der Waals surface area contributed by atoms with Crippen molar-refractivity contribution in [2.75, 3.05) is 13.1 Å². The number of oxime groups is 1. The second kappa shape index (κ2) is 6.49. The minimum absolute atomic E-state index is 0.231. The number of fused-ring (bicyclic) bond motifs is 1. The molecule has 0 saturated heterocycles. The van der Waals surface area contributed by atoms with Crippen molar-refractivity contribution in [3.8, 4) is 0 Å². The highest BCUT2D eigenvalue weighted by molar-refractivity contribution is 7.18. The van der Waals surface area contributed by atoms with Gasteiger partial charge in [0.1, 0.15) is 5.01 Å². The molecular weight excluding hydrogens is 260 g/mol. The SMILES string of the molecule is CCCN(C/C(N)=N/O)Cc1nc2ccccc2s1. The van der Waals surface area contributed by atoms with E-state index in [4.69, 9.17) is 10.9 Å². The average Bonchev–Trinajstić information content (AvgIpc) is 2.80. The zero-order chi connectivity index (χ0) is 13.7. The molecule has 0 spiro atoms. The van der Waals surface area contributed by atoms with Crippen LogP contribution < -0.4 is 5.73 Å². The zero-order valence-corrected chi connectivity index (χ0v) is 11.7. The molecule has 0 bridgehead atoms. The molecule has 0 saturated carbocycles. The summed E-state index contributed by atoms with van der Waals surface area (Å²) < 4.78 is 1.19. The molecular formula is C13H18N4OS. The summed E-state index contributed by atoms with van der Waals surface area (Å²) in [7, 11) is 0. The number of hydrogen-bond acceptors (Lipinski definition) is 5. The third-order valence-corrected chi connectivity index (χ3v) is 3.77. The monoisotopic (exact) mass is 278 g/mol. The first-order valence-electron chi connectivity index (χ1n) is 6.26. The fraction of sp³-hybridized carbons (Fsp3) is 0.385. The Morgan fingerprint density at radius 2 is 2.26 bits per heavy atom. The van der Waals surface area contributed by atoms with Crippen molar-refractivity contribution in [2.45, 2.75) is 19.9 Å². The van der Waals surface area contributed by atoms with Crippen LogP contribution in [0.4, 0.5) is 0 Å². The molecule has 3 N–H and O–H groups in total. The average molecular weight is 278 g/mol. The lowest BCUT2D eigenvalue weighted by Crippen LogP contribution is -2.34. The Hall–Kier alpha value is -1.66. The number of para-hydroxylation sites is 1. The lowest BCUT2D eigenvalue weighted by Gasteiger charge is -2.19. The van der Waals surface area contributed by atoms with Gasteiger partial charge in [-0.1, -0.05) is 24.2 Å². The van der Waals surface area contributed by atoms with Crippen LogP contribution >= 0.6 is 11.3 Å². The number of aromatic nitrogens is 1. The number of amidine groups is 1. The lowest BCUT2D eigenvalue weighted by molar-refractivity contribution is 0.286. The molecule has 0 aliphatic heterocycles. The molecule has 1 aromatic carbocycles. The van der Waals surface area contributed by atoms with E-state index in [0.717, 1.165) is 30.0 Å². The van der Waals surface area contributed by atoms with Crippen LogP contribution in [0.3, 0.4) is 0 Å². The summed E-state index contributed by atoms with van der Waals surface area (Å²) in [5, 5.41) is 12.7. The first kappa shape index (κ1) is 13.8. The highest BCUT2D eigenvalue weighted by Gasteiger charge is 2.11. The fourth-order valence-electron chi connectivity index (χ4n) is 1.97. The lowest BCUT2D eigenvalue weighted by atomic mass is 10.3. The number of nitrogens with two attached hydrogens (primary N) is 1. The van der Waals surface area contributed by atoms with Crippen molar-refractivity contribution in [1.29, 1.82) is 0 Å². The highest BCUT2D eigenvalue weighted by Crippen LogP contribution is 2.22. The van der Waals surface area contributed by atoms with E-state index in [1.807, 2.05) is 18.2 Å². The predicted octanol–water partition coefficient (Wildman–Crippen LogP) is 2.25. The van der Waals surface area contributed by atoms with Gasteiger partial charge in [-0.05, 0) is 25.1 Å². The maximum absolute atomic E-state index is 8.66. The molecule has 5 nitrogen and oxygen atoms in total. The van der Waals surface area contributed by atoms with Gasteiger partial charge in [-0.25, -0.2) is 4.98 Å². The van der Waals surface area contributed by atoms with Gasteiger partial charge in [0, 0.05) is 0 Å². The first-order valence-corrected chi connectivity index (χ1v) is 7.07. The number of rotatable bonds is 6. The summed E-state index contributed by atoms with van der Waals surface area (Å²) in [6.45, 7) is 4.19. The molecule has 1 aromatic heterocycles. The van der Waals surface area contributed by atoms with E-state index in [0.29, 0.717) is 6.54 Å². The molecule has 0 radical (unpaired) electrons. The van der Waals surface area contributed by atoms with Crippen LogP contribution in [0.1, 0.15) is 18.4 Å². The molecule has 1 heterocycles. The van der Waals surface area contributed by atoms with Crippen LogP contribution in [0, 0.1) is 0 Å². The predicted molar refractivity (Wildman–Crippen MR) is 78.6 cm³/mol. The van der Waals surface area contributed by atoms with E-state index >= 15 is 0 Å². The number of nitrogens with zero attached hydrogens (tertiary/aromatic N) is 3. The quantitative estimate of drug-likeness (QED) is 0.368. The second-order valence-corrected chi connectivity index (χ2v) is 5.49. The third kappa shape index (κ3) is 3.65. The molecule has 0 atom stereocenters. The Kier molecular flexibility index (Phi) is 4.70. The zero-order valence-electron chi connectivity index (χ0n) is 10.9.